The number of pyridine rings is 1. The summed E-state index contributed by atoms with van der Waals surface area (Å²) in [6.45, 7) is 4.52. The number of hydrogen-bond donors (Lipinski definition) is 1. The van der Waals surface area contributed by atoms with Gasteiger partial charge in [0, 0.05) is 19.3 Å². The number of rotatable bonds is 4. The Morgan fingerprint density at radius 3 is 3.19 bits per heavy atom. The van der Waals surface area contributed by atoms with Crippen LogP contribution in [0.4, 0.5) is 0 Å². The van der Waals surface area contributed by atoms with Gasteiger partial charge in [0.05, 0.1) is 0 Å². The molecular weight excluding hydrogens is 266 g/mol. The Balaban J connectivity index is 1.84. The topological polar surface area (TPSA) is 28.2 Å². The molecule has 1 aromatic rings. The van der Waals surface area contributed by atoms with Gasteiger partial charge in [0.2, 0.25) is 0 Å². The highest BCUT2D eigenvalue weighted by Gasteiger charge is 2.16. The van der Waals surface area contributed by atoms with Crippen molar-refractivity contribution in [2.24, 2.45) is 5.92 Å². The molecule has 2 rings (SSSR count). The summed E-state index contributed by atoms with van der Waals surface area (Å²) < 4.78 is 0.918. The second kappa shape index (κ2) is 5.75. The third-order valence-corrected chi connectivity index (χ3v) is 3.41. The summed E-state index contributed by atoms with van der Waals surface area (Å²) >= 11 is 3.40. The van der Waals surface area contributed by atoms with Crippen LogP contribution in [-0.4, -0.2) is 36.6 Å². The first-order chi connectivity index (χ1) is 7.74. The lowest BCUT2D eigenvalue weighted by Crippen LogP contribution is -2.26. The Morgan fingerprint density at radius 1 is 1.62 bits per heavy atom. The monoisotopic (exact) mass is 283 g/mol. The van der Waals surface area contributed by atoms with Gasteiger partial charge in [0.15, 0.2) is 0 Å². The van der Waals surface area contributed by atoms with E-state index < -0.39 is 0 Å². The molecule has 0 amide bonds. The number of nitrogens with one attached hydrogen (secondary N) is 1. The van der Waals surface area contributed by atoms with Crippen molar-refractivity contribution in [3.05, 3.63) is 28.5 Å². The van der Waals surface area contributed by atoms with E-state index in [0.29, 0.717) is 0 Å². The first-order valence-electron chi connectivity index (χ1n) is 5.74. The maximum Gasteiger partial charge on any atom is 0.106 e. The van der Waals surface area contributed by atoms with Gasteiger partial charge in [0.25, 0.3) is 0 Å². The highest BCUT2D eigenvalue weighted by molar-refractivity contribution is 9.10. The van der Waals surface area contributed by atoms with Crippen molar-refractivity contribution in [3.8, 4) is 0 Å². The Bertz CT molecular complexity index is 337. The third-order valence-electron chi connectivity index (χ3n) is 2.98. The largest absolute Gasteiger partial charge is 0.316 e. The van der Waals surface area contributed by atoms with Gasteiger partial charge in [0.1, 0.15) is 4.60 Å². The molecule has 4 heteroatoms. The zero-order chi connectivity index (χ0) is 11.4. The second-order valence-corrected chi connectivity index (χ2v) is 5.35. The molecular formula is C12H18BrN3. The van der Waals surface area contributed by atoms with E-state index in [2.05, 4.69) is 50.3 Å². The molecule has 1 aliphatic rings. The van der Waals surface area contributed by atoms with Crippen molar-refractivity contribution in [2.75, 3.05) is 26.7 Å². The van der Waals surface area contributed by atoms with Gasteiger partial charge in [-0.15, -0.1) is 0 Å². The molecule has 2 heterocycles. The summed E-state index contributed by atoms with van der Waals surface area (Å²) in [6, 6.07) is 4.16. The average molecular weight is 284 g/mol. The molecule has 16 heavy (non-hydrogen) atoms. The van der Waals surface area contributed by atoms with Crippen LogP contribution in [0.3, 0.4) is 0 Å². The molecule has 0 bridgehead atoms. The summed E-state index contributed by atoms with van der Waals surface area (Å²) in [7, 11) is 2.19. The van der Waals surface area contributed by atoms with E-state index in [4.69, 9.17) is 0 Å². The van der Waals surface area contributed by atoms with Gasteiger partial charge in [-0.2, -0.15) is 0 Å². The summed E-state index contributed by atoms with van der Waals surface area (Å²) in [5.74, 6) is 0.815. The molecule has 0 radical (unpaired) electrons. The lowest BCUT2D eigenvalue weighted by Gasteiger charge is -2.20. The average Bonchev–Trinajstić information content (AvgIpc) is 2.70. The molecule has 0 aromatic carbocycles. The maximum atomic E-state index is 4.14. The third kappa shape index (κ3) is 3.54. The van der Waals surface area contributed by atoms with E-state index in [1.807, 2.05) is 6.20 Å². The van der Waals surface area contributed by atoms with E-state index in [-0.39, 0.29) is 0 Å². The van der Waals surface area contributed by atoms with Crippen LogP contribution < -0.4 is 5.32 Å². The van der Waals surface area contributed by atoms with Gasteiger partial charge < -0.3 is 10.2 Å². The van der Waals surface area contributed by atoms with Gasteiger partial charge >= 0.3 is 0 Å². The van der Waals surface area contributed by atoms with Crippen molar-refractivity contribution in [3.63, 3.8) is 0 Å². The fourth-order valence-corrected chi connectivity index (χ4v) is 2.64. The van der Waals surface area contributed by atoms with Crippen molar-refractivity contribution in [1.29, 1.82) is 0 Å². The molecule has 1 atom stereocenters. The summed E-state index contributed by atoms with van der Waals surface area (Å²) in [6.07, 6.45) is 3.16. The fourth-order valence-electron chi connectivity index (χ4n) is 2.23. The highest BCUT2D eigenvalue weighted by Crippen LogP contribution is 2.13. The summed E-state index contributed by atoms with van der Waals surface area (Å²) in [5, 5.41) is 3.41. The first kappa shape index (κ1) is 12.0. The molecule has 88 valence electrons. The zero-order valence-electron chi connectivity index (χ0n) is 9.62. The van der Waals surface area contributed by atoms with E-state index in [9.17, 15) is 0 Å². The molecule has 0 saturated carbocycles. The van der Waals surface area contributed by atoms with Crippen LogP contribution >= 0.6 is 15.9 Å². The normalized spacial score (nSPS) is 20.6. The minimum atomic E-state index is 0.815. The lowest BCUT2D eigenvalue weighted by molar-refractivity contribution is 0.278. The zero-order valence-corrected chi connectivity index (χ0v) is 11.2. The van der Waals surface area contributed by atoms with Crippen LogP contribution in [0.1, 0.15) is 12.0 Å². The molecule has 1 aromatic heterocycles. The molecule has 3 nitrogen and oxygen atoms in total. The van der Waals surface area contributed by atoms with Crippen LogP contribution in [0.25, 0.3) is 0 Å². The van der Waals surface area contributed by atoms with E-state index in [0.717, 1.165) is 17.1 Å². The molecule has 1 N–H and O–H groups in total. The summed E-state index contributed by atoms with van der Waals surface area (Å²) in [4.78, 5) is 6.53. The predicted molar refractivity (Wildman–Crippen MR) is 69.2 cm³/mol. The van der Waals surface area contributed by atoms with Crippen LogP contribution in [0.15, 0.2) is 22.9 Å². The Morgan fingerprint density at radius 2 is 2.50 bits per heavy atom. The number of halogens is 1. The standard InChI is InChI=1S/C12H18BrN3/c1-16(9-11-2-4-14-7-11)8-10-3-5-15-12(13)6-10/h3,5-6,11,14H,2,4,7-9H2,1H3/t11-/m0/s1. The number of hydrogen-bond acceptors (Lipinski definition) is 3. The second-order valence-electron chi connectivity index (χ2n) is 4.54. The van der Waals surface area contributed by atoms with Gasteiger partial charge in [-0.3, -0.25) is 0 Å². The van der Waals surface area contributed by atoms with Crippen molar-refractivity contribution in [1.82, 2.24) is 15.2 Å². The van der Waals surface area contributed by atoms with Crippen LogP contribution in [0.2, 0.25) is 0 Å². The maximum absolute atomic E-state index is 4.14. The van der Waals surface area contributed by atoms with Crippen LogP contribution in [-0.2, 0) is 6.54 Å². The van der Waals surface area contributed by atoms with Crippen LogP contribution in [0, 0.1) is 5.92 Å². The molecule has 1 saturated heterocycles. The molecule has 1 aliphatic heterocycles. The van der Waals surface area contributed by atoms with Crippen LogP contribution in [0.5, 0.6) is 0 Å². The molecule has 1 fully saturated rings. The van der Waals surface area contributed by atoms with Gasteiger partial charge in [-0.25, -0.2) is 4.98 Å². The first-order valence-corrected chi connectivity index (χ1v) is 6.53. The number of aromatic nitrogens is 1. The van der Waals surface area contributed by atoms with E-state index in [1.54, 1.807) is 0 Å². The van der Waals surface area contributed by atoms with Gasteiger partial charge in [-0.05, 0) is 66.1 Å². The SMILES string of the molecule is CN(Cc1ccnc(Br)c1)C[C@H]1CCNC1. The fraction of sp³-hybridized carbons (Fsp3) is 0.583. The lowest BCUT2D eigenvalue weighted by atomic mass is 10.1. The van der Waals surface area contributed by atoms with Gasteiger partial charge in [-0.1, -0.05) is 0 Å². The Hall–Kier alpha value is -0.450. The quantitative estimate of drug-likeness (QED) is 0.856. The van der Waals surface area contributed by atoms with Crippen molar-refractivity contribution in [2.45, 2.75) is 13.0 Å². The summed E-state index contributed by atoms with van der Waals surface area (Å²) in [5.41, 5.74) is 1.32. The smallest absolute Gasteiger partial charge is 0.106 e. The predicted octanol–water partition coefficient (Wildman–Crippen LogP) is 1.89. The van der Waals surface area contributed by atoms with Crippen molar-refractivity contribution < 1.29 is 0 Å². The Labute approximate surface area is 105 Å². The molecule has 0 aliphatic carbocycles. The number of nitrogens with zero attached hydrogens (tertiary/aromatic N) is 2. The van der Waals surface area contributed by atoms with E-state index in [1.165, 1.54) is 31.6 Å². The minimum absolute atomic E-state index is 0.815. The molecule has 0 spiro atoms. The van der Waals surface area contributed by atoms with Crippen molar-refractivity contribution >= 4 is 15.9 Å². The molecule has 0 unspecified atom stereocenters. The Kier molecular flexibility index (Phi) is 4.32. The highest BCUT2D eigenvalue weighted by atomic mass is 79.9. The minimum Gasteiger partial charge on any atom is -0.316 e. The van der Waals surface area contributed by atoms with E-state index >= 15 is 0 Å².